The second-order valence-electron chi connectivity index (χ2n) is 7.23. The van der Waals surface area contributed by atoms with Crippen LogP contribution >= 0.6 is 11.8 Å². The van der Waals surface area contributed by atoms with E-state index in [4.69, 9.17) is 10.5 Å². The molecule has 30 heavy (non-hydrogen) atoms. The van der Waals surface area contributed by atoms with Crippen molar-refractivity contribution in [2.75, 3.05) is 36.6 Å². The molecule has 1 amide bonds. The van der Waals surface area contributed by atoms with Gasteiger partial charge >= 0.3 is 5.69 Å². The minimum Gasteiger partial charge on any atom is -0.383 e. The molecule has 3 N–H and O–H groups in total. The Kier molecular flexibility index (Phi) is 8.72. The summed E-state index contributed by atoms with van der Waals surface area (Å²) in [6, 6.07) is 0. The molecule has 0 saturated carbocycles. The van der Waals surface area contributed by atoms with Crippen molar-refractivity contribution >= 4 is 29.2 Å². The number of carbonyl (C=O) groups is 1. The molecule has 0 spiro atoms. The second kappa shape index (κ2) is 11.0. The number of H-pyrrole nitrogens is 1. The van der Waals surface area contributed by atoms with Crippen molar-refractivity contribution in [3.63, 3.8) is 0 Å². The molecule has 10 nitrogen and oxygen atoms in total. The fourth-order valence-electron chi connectivity index (χ4n) is 2.98. The first-order valence-electron chi connectivity index (χ1n) is 9.85. The van der Waals surface area contributed by atoms with Crippen molar-refractivity contribution in [1.82, 2.24) is 19.1 Å². The van der Waals surface area contributed by atoms with Gasteiger partial charge in [0.2, 0.25) is 5.91 Å². The Morgan fingerprint density at radius 1 is 1.40 bits per heavy atom. The minimum atomic E-state index is -0.695. The van der Waals surface area contributed by atoms with Crippen LogP contribution in [-0.4, -0.2) is 51.0 Å². The molecule has 11 heteroatoms. The largest absolute Gasteiger partial charge is 0.383 e. The minimum absolute atomic E-state index is 0.0283. The van der Waals surface area contributed by atoms with Crippen molar-refractivity contribution in [3.8, 4) is 0 Å². The normalized spacial score (nSPS) is 11.2. The average molecular weight is 439 g/mol. The lowest BCUT2D eigenvalue weighted by Gasteiger charge is -2.24. The van der Waals surface area contributed by atoms with Gasteiger partial charge in [-0.2, -0.15) is 0 Å². The number of aryl methyl sites for hydroxylation is 1. The zero-order valence-electron chi connectivity index (χ0n) is 17.9. The van der Waals surface area contributed by atoms with E-state index in [1.54, 1.807) is 6.20 Å². The van der Waals surface area contributed by atoms with E-state index in [2.05, 4.69) is 16.9 Å². The zero-order chi connectivity index (χ0) is 22.3. The lowest BCUT2D eigenvalue weighted by Crippen LogP contribution is -2.43. The molecule has 0 unspecified atom stereocenters. The quantitative estimate of drug-likeness (QED) is 0.504. The molecule has 0 fully saturated rings. The third-order valence-electron chi connectivity index (χ3n) is 4.32. The number of aromatic amines is 1. The smallest absolute Gasteiger partial charge is 0.330 e. The first-order chi connectivity index (χ1) is 14.3. The van der Waals surface area contributed by atoms with E-state index in [0.717, 1.165) is 18.1 Å². The van der Waals surface area contributed by atoms with Crippen molar-refractivity contribution in [2.24, 2.45) is 5.92 Å². The Hall–Kier alpha value is -2.53. The monoisotopic (exact) mass is 438 g/mol. The molecule has 166 valence electrons. The number of imidazole rings is 1. The highest BCUT2D eigenvalue weighted by atomic mass is 32.2. The molecule has 2 aromatic heterocycles. The molecule has 0 aliphatic rings. The first kappa shape index (κ1) is 23.7. The number of nitrogens with zero attached hydrogens (tertiary/aromatic N) is 4. The number of anilines is 2. The van der Waals surface area contributed by atoms with Crippen LogP contribution in [0.25, 0.3) is 0 Å². The van der Waals surface area contributed by atoms with Crippen molar-refractivity contribution in [1.29, 1.82) is 0 Å². The van der Waals surface area contributed by atoms with Crippen LogP contribution in [0.1, 0.15) is 27.2 Å². The lowest BCUT2D eigenvalue weighted by molar-refractivity contribution is -0.116. The number of nitrogens with one attached hydrogen (secondary N) is 1. The number of amides is 1. The maximum atomic E-state index is 13.1. The van der Waals surface area contributed by atoms with Crippen LogP contribution in [0.5, 0.6) is 0 Å². The Morgan fingerprint density at radius 2 is 2.13 bits per heavy atom. The number of hydrogen-bond acceptors (Lipinski definition) is 7. The van der Waals surface area contributed by atoms with Gasteiger partial charge in [-0.25, -0.2) is 9.78 Å². The van der Waals surface area contributed by atoms with Crippen LogP contribution in [0.2, 0.25) is 0 Å². The van der Waals surface area contributed by atoms with Gasteiger partial charge in [0, 0.05) is 39.1 Å². The summed E-state index contributed by atoms with van der Waals surface area (Å²) in [5.74, 6) is -0.165. The van der Waals surface area contributed by atoms with Gasteiger partial charge in [0.25, 0.3) is 5.56 Å². The van der Waals surface area contributed by atoms with Gasteiger partial charge in [-0.3, -0.25) is 19.1 Å². The van der Waals surface area contributed by atoms with E-state index < -0.39 is 11.2 Å². The van der Waals surface area contributed by atoms with Crippen LogP contribution < -0.4 is 21.9 Å². The zero-order valence-corrected chi connectivity index (χ0v) is 18.7. The molecular formula is C19H30N6O4S. The van der Waals surface area contributed by atoms with Gasteiger partial charge < -0.3 is 19.9 Å². The maximum absolute atomic E-state index is 13.1. The fraction of sp³-hybridized carbons (Fsp3) is 0.579. The molecule has 2 heterocycles. The number of carbonyl (C=O) groups excluding carboxylic acids is 1. The van der Waals surface area contributed by atoms with Crippen LogP contribution in [0, 0.1) is 5.92 Å². The predicted octanol–water partition coefficient (Wildman–Crippen LogP) is 1.15. The summed E-state index contributed by atoms with van der Waals surface area (Å²) in [5.41, 5.74) is 4.86. The molecule has 0 atom stereocenters. The number of methoxy groups -OCH3 is 1. The van der Waals surface area contributed by atoms with Gasteiger partial charge in [-0.05, 0) is 12.3 Å². The second-order valence-corrected chi connectivity index (χ2v) is 8.17. The molecule has 0 aromatic carbocycles. The molecule has 2 rings (SSSR count). The Morgan fingerprint density at radius 3 is 2.77 bits per heavy atom. The SMILES string of the molecule is CCCn1ccnc1SCC(=O)N(CCOC)c1c(N)n(CC(C)C)c(=O)[nH]c1=O. The van der Waals surface area contributed by atoms with E-state index in [1.807, 2.05) is 24.6 Å². The van der Waals surface area contributed by atoms with Crippen LogP contribution in [-0.2, 0) is 22.6 Å². The van der Waals surface area contributed by atoms with Gasteiger partial charge in [-0.15, -0.1) is 0 Å². The number of ether oxygens (including phenoxy) is 1. The summed E-state index contributed by atoms with van der Waals surface area (Å²) < 4.78 is 8.37. The molecule has 0 saturated heterocycles. The molecule has 0 aliphatic carbocycles. The number of nitrogen functional groups attached to an aromatic ring is 1. The van der Waals surface area contributed by atoms with Gasteiger partial charge in [0.15, 0.2) is 10.8 Å². The summed E-state index contributed by atoms with van der Waals surface area (Å²) >= 11 is 1.29. The Balaban J connectivity index is 2.35. The molecule has 2 aromatic rings. The number of aromatic nitrogens is 4. The summed E-state index contributed by atoms with van der Waals surface area (Å²) in [7, 11) is 1.51. The third kappa shape index (κ3) is 5.76. The standard InChI is InChI=1S/C19H30N6O4S/c1-5-7-23-8-6-21-19(23)30-12-14(26)24(9-10-29-4)15-16(20)25(11-13(2)3)18(28)22-17(15)27/h6,8,13H,5,7,9-12,20H2,1-4H3,(H,22,27,28). The summed E-state index contributed by atoms with van der Waals surface area (Å²) in [6.45, 7) is 7.39. The van der Waals surface area contributed by atoms with Crippen molar-refractivity contribution in [2.45, 2.75) is 45.4 Å². The van der Waals surface area contributed by atoms with Crippen molar-refractivity contribution in [3.05, 3.63) is 33.2 Å². The number of rotatable bonds is 11. The number of hydrogen-bond donors (Lipinski definition) is 2. The van der Waals surface area contributed by atoms with Crippen molar-refractivity contribution < 1.29 is 9.53 Å². The molecule has 0 bridgehead atoms. The summed E-state index contributed by atoms with van der Waals surface area (Å²) in [5, 5.41) is 0.726. The maximum Gasteiger partial charge on any atom is 0.330 e. The van der Waals surface area contributed by atoms with E-state index in [9.17, 15) is 14.4 Å². The summed E-state index contributed by atoms with van der Waals surface area (Å²) in [6.07, 6.45) is 4.50. The van der Waals surface area contributed by atoms with Gasteiger partial charge in [0.1, 0.15) is 5.82 Å². The van der Waals surface area contributed by atoms with E-state index >= 15 is 0 Å². The molecule has 0 aliphatic heterocycles. The third-order valence-corrected chi connectivity index (χ3v) is 5.31. The van der Waals surface area contributed by atoms with Crippen LogP contribution in [0.4, 0.5) is 11.5 Å². The highest BCUT2D eigenvalue weighted by Gasteiger charge is 2.24. The molecule has 0 radical (unpaired) electrons. The van der Waals surface area contributed by atoms with E-state index in [0.29, 0.717) is 6.54 Å². The average Bonchev–Trinajstić information content (AvgIpc) is 3.13. The fourth-order valence-corrected chi connectivity index (χ4v) is 3.84. The van der Waals surface area contributed by atoms with E-state index in [-0.39, 0.29) is 42.2 Å². The predicted molar refractivity (Wildman–Crippen MR) is 118 cm³/mol. The lowest BCUT2D eigenvalue weighted by atomic mass is 10.2. The van der Waals surface area contributed by atoms with Crippen LogP contribution in [0.3, 0.4) is 0 Å². The Labute approximate surface area is 179 Å². The number of nitrogens with two attached hydrogens (primary N) is 1. The Bertz CT molecular complexity index is 965. The first-order valence-corrected chi connectivity index (χ1v) is 10.8. The molecular weight excluding hydrogens is 408 g/mol. The van der Waals surface area contributed by atoms with Crippen LogP contribution in [0.15, 0.2) is 27.1 Å². The number of thioether (sulfide) groups is 1. The summed E-state index contributed by atoms with van der Waals surface area (Å²) in [4.78, 5) is 45.7. The highest BCUT2D eigenvalue weighted by Crippen LogP contribution is 2.21. The van der Waals surface area contributed by atoms with Gasteiger partial charge in [0.05, 0.1) is 12.4 Å². The highest BCUT2D eigenvalue weighted by molar-refractivity contribution is 7.99. The topological polar surface area (TPSA) is 128 Å². The van der Waals surface area contributed by atoms with Gasteiger partial charge in [-0.1, -0.05) is 32.5 Å². The van der Waals surface area contributed by atoms with E-state index in [1.165, 1.54) is 28.3 Å².